The second-order valence-electron chi connectivity index (χ2n) is 6.01. The fourth-order valence-electron chi connectivity index (χ4n) is 3.53. The van der Waals surface area contributed by atoms with E-state index in [-0.39, 0.29) is 0 Å². The van der Waals surface area contributed by atoms with E-state index < -0.39 is 5.97 Å². The number of pyridine rings is 1. The van der Waals surface area contributed by atoms with Gasteiger partial charge in [-0.15, -0.1) is 0 Å². The van der Waals surface area contributed by atoms with E-state index in [2.05, 4.69) is 11.8 Å². The Morgan fingerprint density at radius 1 is 1.50 bits per heavy atom. The van der Waals surface area contributed by atoms with Gasteiger partial charge in [0.05, 0.1) is 0 Å². The van der Waals surface area contributed by atoms with Crippen molar-refractivity contribution in [2.24, 2.45) is 5.92 Å². The molecule has 2 heterocycles. The van der Waals surface area contributed by atoms with Crippen LogP contribution in [0, 0.1) is 5.92 Å². The predicted molar refractivity (Wildman–Crippen MR) is 78.4 cm³/mol. The predicted octanol–water partition coefficient (Wildman–Crippen LogP) is 2.89. The molecule has 1 saturated heterocycles. The minimum atomic E-state index is -0.846. The normalized spacial score (nSPS) is 21.2. The van der Waals surface area contributed by atoms with Crippen LogP contribution in [0.25, 0.3) is 0 Å². The number of aromatic carboxylic acids is 1. The van der Waals surface area contributed by atoms with Crippen LogP contribution in [0.15, 0.2) is 6.07 Å². The molecule has 20 heavy (non-hydrogen) atoms. The summed E-state index contributed by atoms with van der Waals surface area (Å²) in [6, 6.07) is 1.86. The Morgan fingerprint density at radius 3 is 3.10 bits per heavy atom. The summed E-state index contributed by atoms with van der Waals surface area (Å²) in [7, 11) is 0. The van der Waals surface area contributed by atoms with Gasteiger partial charge in [-0.1, -0.05) is 13.3 Å². The van der Waals surface area contributed by atoms with Crippen molar-refractivity contribution < 1.29 is 9.90 Å². The molecule has 2 aliphatic rings. The molecule has 1 aliphatic carbocycles. The SMILES string of the molecule is CCCC1CCN(c2nc3c(cc2C(=O)O)CCC3)C1. The van der Waals surface area contributed by atoms with Gasteiger partial charge in [-0.25, -0.2) is 9.78 Å². The van der Waals surface area contributed by atoms with Gasteiger partial charge in [0.25, 0.3) is 0 Å². The summed E-state index contributed by atoms with van der Waals surface area (Å²) in [6.07, 6.45) is 6.65. The summed E-state index contributed by atoms with van der Waals surface area (Å²) in [4.78, 5) is 18.4. The lowest BCUT2D eigenvalue weighted by Gasteiger charge is -2.20. The molecule has 0 aromatic carbocycles. The highest BCUT2D eigenvalue weighted by atomic mass is 16.4. The Hall–Kier alpha value is -1.58. The average molecular weight is 274 g/mol. The molecule has 1 atom stereocenters. The number of fused-ring (bicyclic) bond motifs is 1. The van der Waals surface area contributed by atoms with Gasteiger partial charge in [-0.2, -0.15) is 0 Å². The topological polar surface area (TPSA) is 53.4 Å². The van der Waals surface area contributed by atoms with Gasteiger partial charge in [0.15, 0.2) is 0 Å². The molecule has 1 aromatic rings. The van der Waals surface area contributed by atoms with Crippen molar-refractivity contribution in [2.45, 2.75) is 45.4 Å². The number of hydrogen-bond acceptors (Lipinski definition) is 3. The van der Waals surface area contributed by atoms with Gasteiger partial charge in [0.1, 0.15) is 11.4 Å². The summed E-state index contributed by atoms with van der Waals surface area (Å²) in [5.41, 5.74) is 2.64. The molecule has 1 unspecified atom stereocenters. The first-order valence-corrected chi connectivity index (χ1v) is 7.70. The van der Waals surface area contributed by atoms with Gasteiger partial charge in [-0.05, 0) is 49.7 Å². The van der Waals surface area contributed by atoms with E-state index in [0.29, 0.717) is 17.3 Å². The molecule has 0 spiro atoms. The zero-order chi connectivity index (χ0) is 14.1. The molecule has 3 rings (SSSR count). The van der Waals surface area contributed by atoms with E-state index in [1.165, 1.54) is 12.8 Å². The number of aromatic nitrogens is 1. The van der Waals surface area contributed by atoms with Crippen molar-refractivity contribution in [3.8, 4) is 0 Å². The monoisotopic (exact) mass is 274 g/mol. The molecule has 0 radical (unpaired) electrons. The van der Waals surface area contributed by atoms with E-state index in [4.69, 9.17) is 4.98 Å². The lowest BCUT2D eigenvalue weighted by molar-refractivity contribution is 0.0697. The van der Waals surface area contributed by atoms with Gasteiger partial charge >= 0.3 is 5.97 Å². The molecule has 1 fully saturated rings. The fourth-order valence-corrected chi connectivity index (χ4v) is 3.53. The molecular formula is C16H22N2O2. The first kappa shape index (κ1) is 13.4. The lowest BCUT2D eigenvalue weighted by Crippen LogP contribution is -2.24. The molecule has 0 bridgehead atoms. The van der Waals surface area contributed by atoms with Crippen LogP contribution in [0.1, 0.15) is 54.2 Å². The van der Waals surface area contributed by atoms with Crippen molar-refractivity contribution in [2.75, 3.05) is 18.0 Å². The first-order valence-electron chi connectivity index (χ1n) is 7.70. The quantitative estimate of drug-likeness (QED) is 0.917. The van der Waals surface area contributed by atoms with Crippen LogP contribution in [-0.4, -0.2) is 29.1 Å². The molecule has 108 valence electrons. The minimum Gasteiger partial charge on any atom is -0.478 e. The number of rotatable bonds is 4. The number of carbonyl (C=O) groups is 1. The summed E-state index contributed by atoms with van der Waals surface area (Å²) >= 11 is 0. The minimum absolute atomic E-state index is 0.391. The van der Waals surface area contributed by atoms with E-state index >= 15 is 0 Å². The van der Waals surface area contributed by atoms with Crippen molar-refractivity contribution in [3.63, 3.8) is 0 Å². The number of carboxylic acids is 1. The van der Waals surface area contributed by atoms with Crippen molar-refractivity contribution in [1.82, 2.24) is 4.98 Å². The maximum atomic E-state index is 11.5. The Morgan fingerprint density at radius 2 is 2.35 bits per heavy atom. The molecule has 0 amide bonds. The van der Waals surface area contributed by atoms with Crippen LogP contribution < -0.4 is 4.90 Å². The number of aryl methyl sites for hydroxylation is 2. The molecule has 1 aromatic heterocycles. The van der Waals surface area contributed by atoms with Gasteiger partial charge in [0.2, 0.25) is 0 Å². The van der Waals surface area contributed by atoms with Crippen LogP contribution >= 0.6 is 0 Å². The van der Waals surface area contributed by atoms with Gasteiger partial charge < -0.3 is 10.0 Å². The Labute approximate surface area is 119 Å². The Kier molecular flexibility index (Phi) is 3.64. The third-order valence-electron chi connectivity index (χ3n) is 4.54. The number of hydrogen-bond donors (Lipinski definition) is 1. The molecule has 4 heteroatoms. The third kappa shape index (κ3) is 2.39. The zero-order valence-corrected chi connectivity index (χ0v) is 12.1. The Bertz CT molecular complexity index is 527. The van der Waals surface area contributed by atoms with Crippen LogP contribution in [0.3, 0.4) is 0 Å². The molecular weight excluding hydrogens is 252 g/mol. The van der Waals surface area contributed by atoms with Crippen LogP contribution in [0.4, 0.5) is 5.82 Å². The van der Waals surface area contributed by atoms with E-state index in [1.54, 1.807) is 0 Å². The summed E-state index contributed by atoms with van der Waals surface area (Å²) in [6.45, 7) is 4.11. The summed E-state index contributed by atoms with van der Waals surface area (Å²) < 4.78 is 0. The molecule has 4 nitrogen and oxygen atoms in total. The molecule has 1 aliphatic heterocycles. The highest BCUT2D eigenvalue weighted by molar-refractivity contribution is 5.93. The third-order valence-corrected chi connectivity index (χ3v) is 4.54. The maximum Gasteiger partial charge on any atom is 0.339 e. The highest BCUT2D eigenvalue weighted by Crippen LogP contribution is 2.31. The van der Waals surface area contributed by atoms with Crippen LogP contribution in [0.5, 0.6) is 0 Å². The first-order chi connectivity index (χ1) is 9.69. The lowest BCUT2D eigenvalue weighted by atomic mass is 10.0. The van der Waals surface area contributed by atoms with Crippen LogP contribution in [-0.2, 0) is 12.8 Å². The van der Waals surface area contributed by atoms with E-state index in [0.717, 1.165) is 50.0 Å². The summed E-state index contributed by atoms with van der Waals surface area (Å²) in [5, 5.41) is 9.46. The van der Waals surface area contributed by atoms with E-state index in [9.17, 15) is 9.90 Å². The standard InChI is InChI=1S/C16H22N2O2/c1-2-4-11-7-8-18(10-11)15-13(16(19)20)9-12-5-3-6-14(12)17-15/h9,11H,2-8,10H2,1H3,(H,19,20). The van der Waals surface area contributed by atoms with Crippen molar-refractivity contribution >= 4 is 11.8 Å². The van der Waals surface area contributed by atoms with Crippen LogP contribution in [0.2, 0.25) is 0 Å². The van der Waals surface area contributed by atoms with Gasteiger partial charge in [-0.3, -0.25) is 0 Å². The second-order valence-corrected chi connectivity index (χ2v) is 6.01. The largest absolute Gasteiger partial charge is 0.478 e. The fraction of sp³-hybridized carbons (Fsp3) is 0.625. The second kappa shape index (κ2) is 5.43. The Balaban J connectivity index is 1.90. The summed E-state index contributed by atoms with van der Waals surface area (Å²) in [5.74, 6) is 0.551. The average Bonchev–Trinajstić information content (AvgIpc) is 3.05. The number of anilines is 1. The highest BCUT2D eigenvalue weighted by Gasteiger charge is 2.28. The van der Waals surface area contributed by atoms with Gasteiger partial charge in [0, 0.05) is 18.8 Å². The van der Waals surface area contributed by atoms with E-state index in [1.807, 2.05) is 6.07 Å². The number of carboxylic acid groups (broad SMARTS) is 1. The number of nitrogens with zero attached hydrogens (tertiary/aromatic N) is 2. The molecule has 1 N–H and O–H groups in total. The zero-order valence-electron chi connectivity index (χ0n) is 12.1. The van der Waals surface area contributed by atoms with Crippen molar-refractivity contribution in [1.29, 1.82) is 0 Å². The smallest absolute Gasteiger partial charge is 0.339 e. The maximum absolute atomic E-state index is 11.5. The molecule has 0 saturated carbocycles. The van der Waals surface area contributed by atoms with Crippen molar-refractivity contribution in [3.05, 3.63) is 22.9 Å².